The number of carbonyl (C=O) groups excluding carboxylic acids is 1. The number of ether oxygens (including phenoxy) is 1. The number of nitrogens with one attached hydrogen (secondary N) is 1. The molecule has 0 aliphatic heterocycles. The Morgan fingerprint density at radius 1 is 1.20 bits per heavy atom. The van der Waals surface area contributed by atoms with E-state index in [4.69, 9.17) is 10.5 Å². The Labute approximate surface area is 118 Å². The highest BCUT2D eigenvalue weighted by Crippen LogP contribution is 2.16. The van der Waals surface area contributed by atoms with E-state index in [-0.39, 0.29) is 5.91 Å². The topological polar surface area (TPSA) is 64.3 Å². The fourth-order valence-electron chi connectivity index (χ4n) is 1.81. The summed E-state index contributed by atoms with van der Waals surface area (Å²) in [5, 5.41) is 2.77. The third-order valence-electron chi connectivity index (χ3n) is 2.83. The summed E-state index contributed by atoms with van der Waals surface area (Å²) in [6, 6.07) is 14.6. The maximum Gasteiger partial charge on any atom is 0.265 e. The zero-order valence-corrected chi connectivity index (χ0v) is 11.6. The second-order valence-electron chi connectivity index (χ2n) is 4.69. The van der Waals surface area contributed by atoms with Gasteiger partial charge < -0.3 is 15.8 Å². The summed E-state index contributed by atoms with van der Waals surface area (Å²) in [5.41, 5.74) is 8.03. The molecule has 0 saturated heterocycles. The van der Waals surface area contributed by atoms with E-state index in [0.717, 1.165) is 5.56 Å². The van der Waals surface area contributed by atoms with Gasteiger partial charge in [-0.2, -0.15) is 0 Å². The number of hydrogen-bond donors (Lipinski definition) is 2. The molecule has 3 N–H and O–H groups in total. The van der Waals surface area contributed by atoms with Crippen LogP contribution in [0, 0.1) is 6.92 Å². The zero-order chi connectivity index (χ0) is 14.5. The van der Waals surface area contributed by atoms with Crippen LogP contribution in [-0.2, 0) is 4.79 Å². The van der Waals surface area contributed by atoms with Crippen LogP contribution in [0.3, 0.4) is 0 Å². The van der Waals surface area contributed by atoms with Crippen molar-refractivity contribution < 1.29 is 9.53 Å². The highest BCUT2D eigenvalue weighted by atomic mass is 16.5. The van der Waals surface area contributed by atoms with Crippen molar-refractivity contribution in [1.82, 2.24) is 0 Å². The number of anilines is 2. The van der Waals surface area contributed by atoms with Crippen LogP contribution in [0.15, 0.2) is 48.5 Å². The van der Waals surface area contributed by atoms with Crippen molar-refractivity contribution in [1.29, 1.82) is 0 Å². The first-order valence-electron chi connectivity index (χ1n) is 6.44. The smallest absolute Gasteiger partial charge is 0.265 e. The van der Waals surface area contributed by atoms with Gasteiger partial charge in [0, 0.05) is 11.4 Å². The molecule has 4 heteroatoms. The Bertz CT molecular complexity index is 611. The third kappa shape index (κ3) is 3.75. The van der Waals surface area contributed by atoms with Gasteiger partial charge in [-0.3, -0.25) is 4.79 Å². The predicted octanol–water partition coefficient (Wildman–Crippen LogP) is 2.98. The summed E-state index contributed by atoms with van der Waals surface area (Å²) in [6.45, 7) is 3.69. The van der Waals surface area contributed by atoms with Gasteiger partial charge in [0.1, 0.15) is 5.75 Å². The van der Waals surface area contributed by atoms with Gasteiger partial charge in [-0.05, 0) is 49.7 Å². The van der Waals surface area contributed by atoms with E-state index in [0.29, 0.717) is 17.1 Å². The number of nitrogens with two attached hydrogens (primary N) is 1. The Hall–Kier alpha value is -2.49. The summed E-state index contributed by atoms with van der Waals surface area (Å²) in [5.74, 6) is 0.470. The SMILES string of the molecule is Cc1cccc(O[C@@H](C)C(=O)Nc2cccc(N)c2)c1. The fourth-order valence-corrected chi connectivity index (χ4v) is 1.81. The molecule has 1 amide bonds. The van der Waals surface area contributed by atoms with Gasteiger partial charge in [0.15, 0.2) is 6.10 Å². The van der Waals surface area contributed by atoms with Gasteiger partial charge in [-0.1, -0.05) is 18.2 Å². The van der Waals surface area contributed by atoms with Crippen LogP contribution in [0.25, 0.3) is 0 Å². The number of rotatable bonds is 4. The molecule has 0 aromatic heterocycles. The molecule has 0 spiro atoms. The van der Waals surface area contributed by atoms with E-state index in [9.17, 15) is 4.79 Å². The predicted molar refractivity (Wildman–Crippen MR) is 80.8 cm³/mol. The number of benzene rings is 2. The zero-order valence-electron chi connectivity index (χ0n) is 11.6. The minimum Gasteiger partial charge on any atom is -0.481 e. The van der Waals surface area contributed by atoms with Gasteiger partial charge in [0.05, 0.1) is 0 Å². The van der Waals surface area contributed by atoms with Crippen molar-refractivity contribution >= 4 is 17.3 Å². The molecule has 0 fully saturated rings. The number of nitrogen functional groups attached to an aromatic ring is 1. The van der Waals surface area contributed by atoms with E-state index in [1.807, 2.05) is 31.2 Å². The second kappa shape index (κ2) is 6.10. The van der Waals surface area contributed by atoms with Crippen LogP contribution >= 0.6 is 0 Å². The molecule has 2 rings (SSSR count). The van der Waals surface area contributed by atoms with Gasteiger partial charge in [0.25, 0.3) is 5.91 Å². The highest BCUT2D eigenvalue weighted by molar-refractivity contribution is 5.94. The molecule has 2 aromatic carbocycles. The average molecular weight is 270 g/mol. The van der Waals surface area contributed by atoms with Crippen molar-refractivity contribution in [2.45, 2.75) is 20.0 Å². The third-order valence-corrected chi connectivity index (χ3v) is 2.83. The van der Waals surface area contributed by atoms with E-state index in [1.54, 1.807) is 31.2 Å². The molecule has 0 heterocycles. The lowest BCUT2D eigenvalue weighted by atomic mass is 10.2. The standard InChI is InChI=1S/C16H18N2O2/c1-11-5-3-8-15(9-11)20-12(2)16(19)18-14-7-4-6-13(17)10-14/h3-10,12H,17H2,1-2H3,(H,18,19)/t12-/m0/s1. The summed E-state index contributed by atoms with van der Waals surface area (Å²) in [4.78, 5) is 12.0. The van der Waals surface area contributed by atoms with Crippen LogP contribution in [0.2, 0.25) is 0 Å². The highest BCUT2D eigenvalue weighted by Gasteiger charge is 2.14. The molecule has 0 aliphatic carbocycles. The summed E-state index contributed by atoms with van der Waals surface area (Å²) in [6.07, 6.45) is -0.585. The van der Waals surface area contributed by atoms with Gasteiger partial charge >= 0.3 is 0 Å². The van der Waals surface area contributed by atoms with Crippen LogP contribution in [-0.4, -0.2) is 12.0 Å². The maximum atomic E-state index is 12.0. The Morgan fingerprint density at radius 2 is 1.95 bits per heavy atom. The molecular weight excluding hydrogens is 252 g/mol. The lowest BCUT2D eigenvalue weighted by molar-refractivity contribution is -0.122. The molecule has 0 bridgehead atoms. The Morgan fingerprint density at radius 3 is 2.65 bits per heavy atom. The van der Waals surface area contributed by atoms with Crippen molar-refractivity contribution in [3.8, 4) is 5.75 Å². The minimum atomic E-state index is -0.585. The molecule has 2 aromatic rings. The molecular formula is C16H18N2O2. The molecule has 1 atom stereocenters. The summed E-state index contributed by atoms with van der Waals surface area (Å²) >= 11 is 0. The quantitative estimate of drug-likeness (QED) is 0.839. The van der Waals surface area contributed by atoms with Crippen LogP contribution in [0.1, 0.15) is 12.5 Å². The largest absolute Gasteiger partial charge is 0.481 e. The van der Waals surface area contributed by atoms with Crippen LogP contribution in [0.4, 0.5) is 11.4 Å². The molecule has 0 saturated carbocycles. The van der Waals surface area contributed by atoms with E-state index in [1.165, 1.54) is 0 Å². The van der Waals surface area contributed by atoms with Gasteiger partial charge in [0.2, 0.25) is 0 Å². The molecule has 104 valence electrons. The van der Waals surface area contributed by atoms with Crippen molar-refractivity contribution in [2.75, 3.05) is 11.1 Å². The first-order chi connectivity index (χ1) is 9.54. The van der Waals surface area contributed by atoms with Crippen molar-refractivity contribution in [2.24, 2.45) is 0 Å². The van der Waals surface area contributed by atoms with E-state index < -0.39 is 6.10 Å². The molecule has 20 heavy (non-hydrogen) atoms. The van der Waals surface area contributed by atoms with E-state index in [2.05, 4.69) is 5.32 Å². The van der Waals surface area contributed by atoms with Crippen LogP contribution in [0.5, 0.6) is 5.75 Å². The Kier molecular flexibility index (Phi) is 4.25. The average Bonchev–Trinajstić information content (AvgIpc) is 2.38. The monoisotopic (exact) mass is 270 g/mol. The molecule has 4 nitrogen and oxygen atoms in total. The first-order valence-corrected chi connectivity index (χ1v) is 6.44. The summed E-state index contributed by atoms with van der Waals surface area (Å²) < 4.78 is 5.62. The molecule has 0 radical (unpaired) electrons. The summed E-state index contributed by atoms with van der Waals surface area (Å²) in [7, 11) is 0. The fraction of sp³-hybridized carbons (Fsp3) is 0.188. The van der Waals surface area contributed by atoms with Crippen molar-refractivity contribution in [3.05, 3.63) is 54.1 Å². The number of amides is 1. The van der Waals surface area contributed by atoms with Gasteiger partial charge in [-0.15, -0.1) is 0 Å². The van der Waals surface area contributed by atoms with Gasteiger partial charge in [-0.25, -0.2) is 0 Å². The first kappa shape index (κ1) is 13.9. The van der Waals surface area contributed by atoms with Crippen LogP contribution < -0.4 is 15.8 Å². The normalized spacial score (nSPS) is 11.7. The van der Waals surface area contributed by atoms with E-state index >= 15 is 0 Å². The lowest BCUT2D eigenvalue weighted by Gasteiger charge is -2.15. The maximum absolute atomic E-state index is 12.0. The lowest BCUT2D eigenvalue weighted by Crippen LogP contribution is -2.30. The molecule has 0 unspecified atom stereocenters. The Balaban J connectivity index is 1.98. The second-order valence-corrected chi connectivity index (χ2v) is 4.69. The number of aryl methyl sites for hydroxylation is 1. The number of carbonyl (C=O) groups is 1. The van der Waals surface area contributed by atoms with Crippen molar-refractivity contribution in [3.63, 3.8) is 0 Å². The minimum absolute atomic E-state index is 0.211. The molecule has 0 aliphatic rings. The number of hydrogen-bond acceptors (Lipinski definition) is 3.